The number of nitrogens with one attached hydrogen (secondary N) is 1. The van der Waals surface area contributed by atoms with Crippen molar-refractivity contribution >= 4 is 11.6 Å². The Labute approximate surface area is 122 Å². The van der Waals surface area contributed by atoms with Gasteiger partial charge < -0.3 is 11.1 Å². The molecule has 0 aliphatic carbocycles. The Morgan fingerprint density at radius 1 is 1.25 bits per heavy atom. The van der Waals surface area contributed by atoms with Gasteiger partial charge in [0.25, 0.3) is 0 Å². The van der Waals surface area contributed by atoms with Gasteiger partial charge >= 0.3 is 0 Å². The van der Waals surface area contributed by atoms with Crippen LogP contribution in [0.1, 0.15) is 27.2 Å². The number of hydrogen-bond donors (Lipinski definition) is 2. The fourth-order valence-corrected chi connectivity index (χ4v) is 1.85. The maximum Gasteiger partial charge on any atom is 0.241 e. The summed E-state index contributed by atoms with van der Waals surface area (Å²) in [5, 5.41) is 2.92. The molecule has 2 atom stereocenters. The molecular formula is C16H27N3O. The molecule has 4 heteroatoms. The van der Waals surface area contributed by atoms with Crippen LogP contribution in [0.25, 0.3) is 0 Å². The summed E-state index contributed by atoms with van der Waals surface area (Å²) in [6, 6.07) is 9.53. The minimum absolute atomic E-state index is 0.0109. The first-order chi connectivity index (χ1) is 9.41. The monoisotopic (exact) mass is 277 g/mol. The van der Waals surface area contributed by atoms with Crippen LogP contribution in [0.5, 0.6) is 0 Å². The summed E-state index contributed by atoms with van der Waals surface area (Å²) in [7, 11) is 1.96. The fourth-order valence-electron chi connectivity index (χ4n) is 1.85. The first kappa shape index (κ1) is 16.7. The Kier molecular flexibility index (Phi) is 6.68. The summed E-state index contributed by atoms with van der Waals surface area (Å²) in [6.45, 7) is 6.98. The standard InChI is InChI=1S/C16H27N3O/c1-12(2)15(17)10-11-19(4)13(3)16(20)18-14-8-6-5-7-9-14/h5-9,12-13,15H,10-11,17H2,1-4H3,(H,18,20). The van der Waals surface area contributed by atoms with Gasteiger partial charge in [-0.25, -0.2) is 0 Å². The van der Waals surface area contributed by atoms with Crippen molar-refractivity contribution in [3.05, 3.63) is 30.3 Å². The zero-order chi connectivity index (χ0) is 15.1. The Balaban J connectivity index is 2.43. The van der Waals surface area contributed by atoms with Gasteiger partial charge in [0, 0.05) is 18.3 Å². The second-order valence-corrected chi connectivity index (χ2v) is 5.71. The van der Waals surface area contributed by atoms with E-state index in [4.69, 9.17) is 5.73 Å². The van der Waals surface area contributed by atoms with Gasteiger partial charge in [0.1, 0.15) is 0 Å². The number of para-hydroxylation sites is 1. The van der Waals surface area contributed by atoms with E-state index in [1.54, 1.807) is 0 Å². The fraction of sp³-hybridized carbons (Fsp3) is 0.562. The molecule has 4 nitrogen and oxygen atoms in total. The van der Waals surface area contributed by atoms with Crippen LogP contribution in [0.15, 0.2) is 30.3 Å². The molecule has 0 fully saturated rings. The number of nitrogens with two attached hydrogens (primary N) is 1. The van der Waals surface area contributed by atoms with E-state index in [-0.39, 0.29) is 18.0 Å². The maximum absolute atomic E-state index is 12.1. The molecule has 1 amide bonds. The van der Waals surface area contributed by atoms with E-state index in [9.17, 15) is 4.79 Å². The zero-order valence-corrected chi connectivity index (χ0v) is 13.0. The van der Waals surface area contributed by atoms with Crippen molar-refractivity contribution in [1.29, 1.82) is 0 Å². The predicted molar refractivity (Wildman–Crippen MR) is 84.6 cm³/mol. The average molecular weight is 277 g/mol. The van der Waals surface area contributed by atoms with Crippen molar-refractivity contribution in [1.82, 2.24) is 4.90 Å². The minimum atomic E-state index is -0.172. The van der Waals surface area contributed by atoms with E-state index in [0.29, 0.717) is 5.92 Å². The highest BCUT2D eigenvalue weighted by atomic mass is 16.2. The van der Waals surface area contributed by atoms with E-state index in [1.807, 2.05) is 49.2 Å². The van der Waals surface area contributed by atoms with E-state index >= 15 is 0 Å². The van der Waals surface area contributed by atoms with Crippen LogP contribution >= 0.6 is 0 Å². The number of amides is 1. The maximum atomic E-state index is 12.1. The molecule has 0 aliphatic rings. The Bertz CT molecular complexity index is 405. The highest BCUT2D eigenvalue weighted by Crippen LogP contribution is 2.09. The van der Waals surface area contributed by atoms with Crippen molar-refractivity contribution in [2.24, 2.45) is 11.7 Å². The molecule has 1 aromatic rings. The lowest BCUT2D eigenvalue weighted by atomic mass is 10.0. The summed E-state index contributed by atoms with van der Waals surface area (Å²) in [5.74, 6) is 0.480. The van der Waals surface area contributed by atoms with Crippen molar-refractivity contribution < 1.29 is 4.79 Å². The number of hydrogen-bond acceptors (Lipinski definition) is 3. The first-order valence-corrected chi connectivity index (χ1v) is 7.23. The van der Waals surface area contributed by atoms with Gasteiger partial charge in [0.15, 0.2) is 0 Å². The van der Waals surface area contributed by atoms with E-state index in [2.05, 4.69) is 19.2 Å². The molecule has 0 spiro atoms. The van der Waals surface area contributed by atoms with Gasteiger partial charge in [-0.05, 0) is 38.4 Å². The highest BCUT2D eigenvalue weighted by Gasteiger charge is 2.19. The lowest BCUT2D eigenvalue weighted by molar-refractivity contribution is -0.120. The lowest BCUT2D eigenvalue weighted by Gasteiger charge is -2.26. The number of anilines is 1. The number of rotatable bonds is 7. The third kappa shape index (κ3) is 5.31. The van der Waals surface area contributed by atoms with Gasteiger partial charge in [-0.2, -0.15) is 0 Å². The van der Waals surface area contributed by atoms with Crippen LogP contribution in [0.4, 0.5) is 5.69 Å². The molecule has 0 bridgehead atoms. The summed E-state index contributed by atoms with van der Waals surface area (Å²) in [6.07, 6.45) is 0.900. The zero-order valence-electron chi connectivity index (χ0n) is 13.0. The number of benzene rings is 1. The molecule has 1 aromatic carbocycles. The van der Waals surface area contributed by atoms with Crippen LogP contribution < -0.4 is 11.1 Å². The SMILES string of the molecule is CC(C)C(N)CCN(C)C(C)C(=O)Nc1ccccc1. The Morgan fingerprint density at radius 3 is 2.40 bits per heavy atom. The molecule has 0 saturated heterocycles. The predicted octanol–water partition coefficient (Wildman–Crippen LogP) is 2.32. The molecule has 0 aliphatic heterocycles. The second-order valence-electron chi connectivity index (χ2n) is 5.71. The molecule has 0 radical (unpaired) electrons. The second kappa shape index (κ2) is 8.02. The summed E-state index contributed by atoms with van der Waals surface area (Å²) in [5.41, 5.74) is 6.87. The molecular weight excluding hydrogens is 250 g/mol. The van der Waals surface area contributed by atoms with Crippen LogP contribution in [0.3, 0.4) is 0 Å². The third-order valence-electron chi connectivity index (χ3n) is 3.75. The minimum Gasteiger partial charge on any atom is -0.327 e. The van der Waals surface area contributed by atoms with Crippen molar-refractivity contribution in [2.45, 2.75) is 39.3 Å². The van der Waals surface area contributed by atoms with Crippen molar-refractivity contribution in [2.75, 3.05) is 18.9 Å². The number of carbonyl (C=O) groups excluding carboxylic acids is 1. The molecule has 0 heterocycles. The van der Waals surface area contributed by atoms with Crippen LogP contribution in [-0.4, -0.2) is 36.5 Å². The average Bonchev–Trinajstić information content (AvgIpc) is 2.44. The van der Waals surface area contributed by atoms with Crippen LogP contribution in [0, 0.1) is 5.92 Å². The van der Waals surface area contributed by atoms with E-state index < -0.39 is 0 Å². The summed E-state index contributed by atoms with van der Waals surface area (Å²) < 4.78 is 0. The number of carbonyl (C=O) groups is 1. The summed E-state index contributed by atoms with van der Waals surface area (Å²) >= 11 is 0. The van der Waals surface area contributed by atoms with Crippen LogP contribution in [0.2, 0.25) is 0 Å². The van der Waals surface area contributed by atoms with Crippen LogP contribution in [-0.2, 0) is 4.79 Å². The van der Waals surface area contributed by atoms with Crippen molar-refractivity contribution in [3.63, 3.8) is 0 Å². The van der Waals surface area contributed by atoms with Gasteiger partial charge in [-0.15, -0.1) is 0 Å². The highest BCUT2D eigenvalue weighted by molar-refractivity contribution is 5.94. The quantitative estimate of drug-likeness (QED) is 0.804. The third-order valence-corrected chi connectivity index (χ3v) is 3.75. The molecule has 112 valence electrons. The normalized spacial score (nSPS) is 14.3. The van der Waals surface area contributed by atoms with Gasteiger partial charge in [0.05, 0.1) is 6.04 Å². The van der Waals surface area contributed by atoms with Gasteiger partial charge in [-0.1, -0.05) is 32.0 Å². The van der Waals surface area contributed by atoms with E-state index in [0.717, 1.165) is 18.7 Å². The molecule has 0 saturated carbocycles. The molecule has 2 unspecified atom stereocenters. The first-order valence-electron chi connectivity index (χ1n) is 7.23. The topological polar surface area (TPSA) is 58.4 Å². The summed E-state index contributed by atoms with van der Waals surface area (Å²) in [4.78, 5) is 14.2. The number of nitrogens with zero attached hydrogens (tertiary/aromatic N) is 1. The largest absolute Gasteiger partial charge is 0.327 e. The number of likely N-dealkylation sites (N-methyl/N-ethyl adjacent to an activating group) is 1. The van der Waals surface area contributed by atoms with E-state index in [1.165, 1.54) is 0 Å². The van der Waals surface area contributed by atoms with Crippen molar-refractivity contribution in [3.8, 4) is 0 Å². The molecule has 20 heavy (non-hydrogen) atoms. The van der Waals surface area contributed by atoms with Gasteiger partial charge in [0.2, 0.25) is 5.91 Å². The molecule has 0 aromatic heterocycles. The molecule has 1 rings (SSSR count). The molecule has 3 N–H and O–H groups in total. The Hall–Kier alpha value is -1.39. The Morgan fingerprint density at radius 2 is 1.85 bits per heavy atom. The lowest BCUT2D eigenvalue weighted by Crippen LogP contribution is -2.42. The van der Waals surface area contributed by atoms with Gasteiger partial charge in [-0.3, -0.25) is 9.69 Å². The smallest absolute Gasteiger partial charge is 0.241 e.